The number of hydrogen-bond acceptors (Lipinski definition) is 4. The minimum atomic E-state index is -0.922. The first-order valence-electron chi connectivity index (χ1n) is 4.37. The van der Waals surface area contributed by atoms with Gasteiger partial charge in [-0.3, -0.25) is 10.1 Å². The van der Waals surface area contributed by atoms with Gasteiger partial charge in [0.1, 0.15) is 5.54 Å². The summed E-state index contributed by atoms with van der Waals surface area (Å²) in [5.74, 6) is 0. The number of ether oxygens (including phenoxy) is 1. The first-order valence-corrected chi connectivity index (χ1v) is 4.37. The van der Waals surface area contributed by atoms with Gasteiger partial charge in [0.2, 0.25) is 0 Å². The Morgan fingerprint density at radius 2 is 2.36 bits per heavy atom. The molecule has 0 spiro atoms. The summed E-state index contributed by atoms with van der Waals surface area (Å²) >= 11 is 0. The van der Waals surface area contributed by atoms with E-state index in [1.807, 2.05) is 0 Å². The van der Waals surface area contributed by atoms with Crippen LogP contribution >= 0.6 is 0 Å². The quantitative estimate of drug-likeness (QED) is 0.526. The van der Waals surface area contributed by atoms with E-state index < -0.39 is 11.6 Å². The van der Waals surface area contributed by atoms with Crippen LogP contribution in [0.2, 0.25) is 0 Å². The Labute approximate surface area is 82.4 Å². The van der Waals surface area contributed by atoms with E-state index in [2.05, 4.69) is 0 Å². The number of nitrogens with two attached hydrogens (primary N) is 1. The van der Waals surface area contributed by atoms with Crippen LogP contribution in [0, 0.1) is 10.1 Å². The topological polar surface area (TPSA) is 78.4 Å². The van der Waals surface area contributed by atoms with Gasteiger partial charge in [-0.05, 0) is 12.5 Å². The molecule has 0 aromatic heterocycles. The molecular formula is C9H14N2O3. The molecule has 0 saturated heterocycles. The molecule has 2 N–H and O–H groups in total. The van der Waals surface area contributed by atoms with Crippen molar-refractivity contribution in [3.63, 3.8) is 0 Å². The fourth-order valence-electron chi connectivity index (χ4n) is 1.46. The van der Waals surface area contributed by atoms with Crippen LogP contribution in [0.15, 0.2) is 24.3 Å². The maximum atomic E-state index is 10.7. The van der Waals surface area contributed by atoms with Crippen LogP contribution in [-0.2, 0) is 4.74 Å². The number of allylic oxidation sites excluding steroid dienone is 2. The fourth-order valence-corrected chi connectivity index (χ4v) is 1.46. The van der Waals surface area contributed by atoms with Gasteiger partial charge < -0.3 is 10.5 Å². The summed E-state index contributed by atoms with van der Waals surface area (Å²) in [5.41, 5.74) is 5.01. The number of hydrogen-bond donors (Lipinski definition) is 1. The van der Waals surface area contributed by atoms with Crippen LogP contribution in [0.4, 0.5) is 0 Å². The zero-order valence-corrected chi connectivity index (χ0v) is 8.05. The van der Waals surface area contributed by atoms with Gasteiger partial charge in [-0.2, -0.15) is 0 Å². The highest BCUT2D eigenvalue weighted by atomic mass is 16.6. The molecule has 0 bridgehead atoms. The van der Waals surface area contributed by atoms with Gasteiger partial charge in [0.15, 0.2) is 0 Å². The van der Waals surface area contributed by atoms with E-state index in [9.17, 15) is 10.1 Å². The standard InChI is InChI=1S/C9H14N2O3/c1-14-7-6-9(10)5-3-2-4-8(9)11(12)13/h2-5,8H,6-7,10H2,1H3. The van der Waals surface area contributed by atoms with E-state index in [1.54, 1.807) is 25.3 Å². The predicted molar refractivity (Wildman–Crippen MR) is 52.5 cm³/mol. The Morgan fingerprint density at radius 1 is 1.64 bits per heavy atom. The largest absolute Gasteiger partial charge is 0.385 e. The lowest BCUT2D eigenvalue weighted by molar-refractivity contribution is -0.518. The molecule has 1 aliphatic rings. The monoisotopic (exact) mass is 198 g/mol. The highest BCUT2D eigenvalue weighted by molar-refractivity contribution is 5.24. The van der Waals surface area contributed by atoms with E-state index in [0.717, 1.165) is 0 Å². The van der Waals surface area contributed by atoms with Crippen LogP contribution in [0.3, 0.4) is 0 Å². The molecule has 1 aliphatic carbocycles. The summed E-state index contributed by atoms with van der Waals surface area (Å²) in [6.07, 6.45) is 6.99. The van der Waals surface area contributed by atoms with Crippen LogP contribution < -0.4 is 5.73 Å². The van der Waals surface area contributed by atoms with Gasteiger partial charge in [0, 0.05) is 18.6 Å². The summed E-state index contributed by atoms with van der Waals surface area (Å²) in [4.78, 5) is 10.4. The maximum absolute atomic E-state index is 10.7. The second-order valence-corrected chi connectivity index (χ2v) is 3.33. The van der Waals surface area contributed by atoms with E-state index >= 15 is 0 Å². The Hall–Kier alpha value is -1.20. The van der Waals surface area contributed by atoms with E-state index in [1.165, 1.54) is 6.08 Å². The zero-order chi connectivity index (χ0) is 10.6. The average Bonchev–Trinajstić information content (AvgIpc) is 2.15. The number of rotatable bonds is 4. The summed E-state index contributed by atoms with van der Waals surface area (Å²) in [6.45, 7) is 0.416. The smallest absolute Gasteiger partial charge is 0.252 e. The molecule has 1 rings (SSSR count). The molecule has 5 nitrogen and oxygen atoms in total. The van der Waals surface area contributed by atoms with Crippen molar-refractivity contribution in [2.45, 2.75) is 18.0 Å². The summed E-state index contributed by atoms with van der Waals surface area (Å²) in [6, 6.07) is -0.859. The molecule has 0 aromatic carbocycles. The summed E-state index contributed by atoms with van der Waals surface area (Å²) in [7, 11) is 1.55. The van der Waals surface area contributed by atoms with Crippen LogP contribution in [-0.4, -0.2) is 30.2 Å². The lowest BCUT2D eigenvalue weighted by Crippen LogP contribution is -2.53. The Bertz CT molecular complexity index is 275. The SMILES string of the molecule is COCCC1(N)C=CC=CC1[N+](=O)[O-]. The van der Waals surface area contributed by atoms with Gasteiger partial charge in [0.05, 0.1) is 0 Å². The zero-order valence-electron chi connectivity index (χ0n) is 8.05. The average molecular weight is 198 g/mol. The van der Waals surface area contributed by atoms with Gasteiger partial charge in [-0.25, -0.2) is 0 Å². The van der Waals surface area contributed by atoms with Crippen molar-refractivity contribution in [1.82, 2.24) is 0 Å². The molecule has 0 radical (unpaired) electrons. The molecule has 14 heavy (non-hydrogen) atoms. The Kier molecular flexibility index (Phi) is 3.38. The summed E-state index contributed by atoms with van der Waals surface area (Å²) in [5, 5.41) is 10.7. The first kappa shape index (κ1) is 10.9. The van der Waals surface area contributed by atoms with Gasteiger partial charge in [0.25, 0.3) is 6.04 Å². The van der Waals surface area contributed by atoms with Crippen molar-refractivity contribution in [1.29, 1.82) is 0 Å². The third kappa shape index (κ3) is 2.18. The highest BCUT2D eigenvalue weighted by Gasteiger charge is 2.40. The normalized spacial score (nSPS) is 30.6. The van der Waals surface area contributed by atoms with Gasteiger partial charge in [-0.15, -0.1) is 0 Å². The van der Waals surface area contributed by atoms with Crippen molar-refractivity contribution < 1.29 is 9.66 Å². The third-order valence-corrected chi connectivity index (χ3v) is 2.33. The minimum Gasteiger partial charge on any atom is -0.385 e. The van der Waals surface area contributed by atoms with Crippen molar-refractivity contribution >= 4 is 0 Å². The van der Waals surface area contributed by atoms with Crippen LogP contribution in [0.5, 0.6) is 0 Å². The Morgan fingerprint density at radius 3 is 2.93 bits per heavy atom. The second kappa shape index (κ2) is 4.34. The number of nitrogens with zero attached hydrogens (tertiary/aromatic N) is 1. The van der Waals surface area contributed by atoms with E-state index in [4.69, 9.17) is 10.5 Å². The lowest BCUT2D eigenvalue weighted by Gasteiger charge is -2.28. The molecule has 5 heteroatoms. The summed E-state index contributed by atoms with van der Waals surface area (Å²) < 4.78 is 4.88. The molecule has 0 aromatic rings. The Balaban J connectivity index is 2.77. The predicted octanol–water partition coefficient (Wildman–Crippen LogP) is 0.492. The molecule has 0 saturated carbocycles. The van der Waals surface area contributed by atoms with Gasteiger partial charge in [-0.1, -0.05) is 18.2 Å². The number of nitro groups is 1. The van der Waals surface area contributed by atoms with E-state index in [-0.39, 0.29) is 4.92 Å². The maximum Gasteiger partial charge on any atom is 0.252 e. The molecular weight excluding hydrogens is 184 g/mol. The fraction of sp³-hybridized carbons (Fsp3) is 0.556. The lowest BCUT2D eigenvalue weighted by atomic mass is 9.85. The van der Waals surface area contributed by atoms with Crippen molar-refractivity contribution in [3.05, 3.63) is 34.4 Å². The van der Waals surface area contributed by atoms with E-state index in [0.29, 0.717) is 13.0 Å². The van der Waals surface area contributed by atoms with Crippen LogP contribution in [0.25, 0.3) is 0 Å². The van der Waals surface area contributed by atoms with Gasteiger partial charge >= 0.3 is 0 Å². The molecule has 0 fully saturated rings. The van der Waals surface area contributed by atoms with Crippen molar-refractivity contribution in [3.8, 4) is 0 Å². The molecule has 0 amide bonds. The van der Waals surface area contributed by atoms with Crippen molar-refractivity contribution in [2.24, 2.45) is 5.73 Å². The first-order chi connectivity index (χ1) is 6.60. The molecule has 2 unspecified atom stereocenters. The second-order valence-electron chi connectivity index (χ2n) is 3.33. The third-order valence-electron chi connectivity index (χ3n) is 2.33. The molecule has 78 valence electrons. The van der Waals surface area contributed by atoms with Crippen LogP contribution in [0.1, 0.15) is 6.42 Å². The number of methoxy groups -OCH3 is 1. The molecule has 0 aliphatic heterocycles. The highest BCUT2D eigenvalue weighted by Crippen LogP contribution is 2.21. The minimum absolute atomic E-state index is 0.365. The molecule has 2 atom stereocenters. The van der Waals surface area contributed by atoms with Crippen molar-refractivity contribution in [2.75, 3.05) is 13.7 Å². The molecule has 0 heterocycles.